The predicted octanol–water partition coefficient (Wildman–Crippen LogP) is 1.07. The van der Waals surface area contributed by atoms with Crippen molar-refractivity contribution in [2.45, 2.75) is 88.3 Å². The molecule has 5 fully saturated rings. The highest BCUT2D eigenvalue weighted by Crippen LogP contribution is 2.38. The van der Waals surface area contributed by atoms with Crippen molar-refractivity contribution >= 4 is 11.8 Å². The van der Waals surface area contributed by atoms with Gasteiger partial charge in [0.15, 0.2) is 0 Å². The first-order valence-corrected chi connectivity index (χ1v) is 12.3. The van der Waals surface area contributed by atoms with Gasteiger partial charge >= 0.3 is 0 Å². The number of alkyl halides is 1. The third-order valence-electron chi connectivity index (χ3n) is 8.53. The van der Waals surface area contributed by atoms with E-state index in [9.17, 15) is 14.0 Å². The van der Waals surface area contributed by atoms with E-state index in [4.69, 9.17) is 4.74 Å². The first kappa shape index (κ1) is 21.6. The monoisotopic (exact) mass is 436 g/mol. The maximum atomic E-state index is 14.4. The van der Waals surface area contributed by atoms with Gasteiger partial charge in [-0.25, -0.2) is 4.39 Å². The van der Waals surface area contributed by atoms with Gasteiger partial charge in [-0.05, 0) is 50.9 Å². The molecule has 174 valence electrons. The van der Waals surface area contributed by atoms with Crippen LogP contribution in [-0.4, -0.2) is 90.8 Å². The van der Waals surface area contributed by atoms with Crippen molar-refractivity contribution in [2.75, 3.05) is 32.8 Å². The molecule has 8 heteroatoms. The number of halogens is 1. The molecule has 3 saturated heterocycles. The second-order valence-corrected chi connectivity index (χ2v) is 10.5. The van der Waals surface area contributed by atoms with Crippen molar-refractivity contribution in [2.24, 2.45) is 11.8 Å². The summed E-state index contributed by atoms with van der Waals surface area (Å²) in [6.45, 7) is 5.55. The molecular weight excluding hydrogens is 399 g/mol. The highest BCUT2D eigenvalue weighted by atomic mass is 19.1. The van der Waals surface area contributed by atoms with Gasteiger partial charge in [0, 0.05) is 43.7 Å². The number of carbonyl (C=O) groups excluding carboxylic acids is 2. The Morgan fingerprint density at radius 1 is 1.16 bits per heavy atom. The zero-order chi connectivity index (χ0) is 21.5. The van der Waals surface area contributed by atoms with Crippen LogP contribution in [0.4, 0.5) is 4.39 Å². The van der Waals surface area contributed by atoms with E-state index >= 15 is 0 Å². The van der Waals surface area contributed by atoms with Crippen LogP contribution in [0.3, 0.4) is 0 Å². The third-order valence-corrected chi connectivity index (χ3v) is 8.53. The van der Waals surface area contributed by atoms with Gasteiger partial charge < -0.3 is 20.3 Å². The van der Waals surface area contributed by atoms with Gasteiger partial charge in [0.1, 0.15) is 12.8 Å². The quantitative estimate of drug-likeness (QED) is 0.693. The van der Waals surface area contributed by atoms with Crippen LogP contribution in [-0.2, 0) is 14.3 Å². The number of carbonyl (C=O) groups is 2. The van der Waals surface area contributed by atoms with Gasteiger partial charge in [-0.3, -0.25) is 14.5 Å². The van der Waals surface area contributed by atoms with Gasteiger partial charge in [0.25, 0.3) is 0 Å². The molecule has 5 rings (SSSR count). The number of fused-ring (bicyclic) bond motifs is 2. The highest BCUT2D eigenvalue weighted by Gasteiger charge is 2.46. The van der Waals surface area contributed by atoms with E-state index in [1.54, 1.807) is 0 Å². The van der Waals surface area contributed by atoms with E-state index in [1.165, 1.54) is 0 Å². The number of nitrogens with zero attached hydrogens (tertiary/aromatic N) is 2. The molecule has 0 bridgehead atoms. The number of ether oxygens (including phenoxy) is 1. The summed E-state index contributed by atoms with van der Waals surface area (Å²) in [5.41, 5.74) is 0. The van der Waals surface area contributed by atoms with Crippen molar-refractivity contribution in [3.63, 3.8) is 0 Å². The smallest absolute Gasteiger partial charge is 0.248 e. The summed E-state index contributed by atoms with van der Waals surface area (Å²) >= 11 is 0. The summed E-state index contributed by atoms with van der Waals surface area (Å²) in [6, 6.07) is 0.647. The van der Waals surface area contributed by atoms with Crippen molar-refractivity contribution < 1.29 is 18.7 Å². The Kier molecular flexibility index (Phi) is 6.23. The summed E-state index contributed by atoms with van der Waals surface area (Å²) in [5, 5.41) is 6.75. The zero-order valence-electron chi connectivity index (χ0n) is 18.6. The van der Waals surface area contributed by atoms with E-state index in [1.807, 2.05) is 4.90 Å². The average Bonchev–Trinajstić information content (AvgIpc) is 3.24. The van der Waals surface area contributed by atoms with Crippen molar-refractivity contribution in [3.05, 3.63) is 0 Å². The van der Waals surface area contributed by atoms with Crippen LogP contribution in [0, 0.1) is 11.8 Å². The van der Waals surface area contributed by atoms with Crippen LogP contribution in [0.15, 0.2) is 0 Å². The fourth-order valence-corrected chi connectivity index (χ4v) is 6.78. The van der Waals surface area contributed by atoms with Crippen LogP contribution in [0.5, 0.6) is 0 Å². The summed E-state index contributed by atoms with van der Waals surface area (Å²) in [4.78, 5) is 29.5. The Hall–Kier alpha value is -1.25. The van der Waals surface area contributed by atoms with Gasteiger partial charge in [0.05, 0.1) is 18.7 Å². The summed E-state index contributed by atoms with van der Waals surface area (Å²) in [7, 11) is 0. The standard InChI is InChI=1S/C23H37FN4O3/c1-14-5-6-19(24)18-10-20(26-22(14)18)23(30)25-15-3-2-4-16(9-15)27-7-8-28-17(11-27)12-31-13-21(28)29/h14-20,22,26H,2-13H2,1H3,(H,25,30)/t14?,15-,16-,17+,18?,19?,20?,22?/m1/s1. The summed E-state index contributed by atoms with van der Waals surface area (Å²) < 4.78 is 19.9. The Balaban J connectivity index is 1.14. The van der Waals surface area contributed by atoms with Gasteiger partial charge in [-0.2, -0.15) is 0 Å². The van der Waals surface area contributed by atoms with E-state index in [-0.39, 0.29) is 48.5 Å². The van der Waals surface area contributed by atoms with Crippen LogP contribution >= 0.6 is 0 Å². The van der Waals surface area contributed by atoms with E-state index < -0.39 is 6.17 Å². The molecule has 5 unspecified atom stereocenters. The zero-order valence-corrected chi connectivity index (χ0v) is 18.6. The minimum absolute atomic E-state index is 0.0182. The molecule has 7 nitrogen and oxygen atoms in total. The molecule has 3 aliphatic heterocycles. The number of nitrogens with one attached hydrogen (secondary N) is 2. The maximum Gasteiger partial charge on any atom is 0.248 e. The summed E-state index contributed by atoms with van der Waals surface area (Å²) in [6.07, 6.45) is 5.58. The number of morpholine rings is 1. The summed E-state index contributed by atoms with van der Waals surface area (Å²) in [5.74, 6) is 0.577. The van der Waals surface area contributed by atoms with Gasteiger partial charge in [-0.1, -0.05) is 6.92 Å². The molecule has 8 atom stereocenters. The molecule has 0 spiro atoms. The topological polar surface area (TPSA) is 73.9 Å². The fraction of sp³-hybridized carbons (Fsp3) is 0.913. The first-order valence-electron chi connectivity index (χ1n) is 12.3. The minimum atomic E-state index is -0.778. The van der Waals surface area contributed by atoms with Gasteiger partial charge in [0.2, 0.25) is 11.8 Å². The molecule has 5 aliphatic rings. The molecule has 2 saturated carbocycles. The van der Waals surface area contributed by atoms with E-state index in [2.05, 4.69) is 22.5 Å². The molecule has 0 aromatic heterocycles. The molecule has 31 heavy (non-hydrogen) atoms. The fourth-order valence-electron chi connectivity index (χ4n) is 6.78. The molecule has 0 radical (unpaired) electrons. The largest absolute Gasteiger partial charge is 0.369 e. The molecule has 0 aromatic rings. The number of amides is 2. The predicted molar refractivity (Wildman–Crippen MR) is 114 cm³/mol. The van der Waals surface area contributed by atoms with Crippen LogP contribution in [0.1, 0.15) is 51.9 Å². The van der Waals surface area contributed by atoms with Crippen LogP contribution < -0.4 is 10.6 Å². The lowest BCUT2D eigenvalue weighted by atomic mass is 9.77. The molecule has 2 N–H and O–H groups in total. The SMILES string of the molecule is CC1CCC(F)C2CC(C(=O)N[C@@H]3CCC[C@@H](N4CCN5C(=O)COC[C@@H]5C4)C3)NC12. The Bertz CT molecular complexity index is 676. The number of rotatable bonds is 3. The second kappa shape index (κ2) is 8.94. The van der Waals surface area contributed by atoms with Crippen LogP contribution in [0.25, 0.3) is 0 Å². The van der Waals surface area contributed by atoms with Crippen LogP contribution in [0.2, 0.25) is 0 Å². The normalized spacial score (nSPS) is 43.9. The number of piperazine rings is 1. The molecule has 0 aromatic carbocycles. The third kappa shape index (κ3) is 4.35. The molecule has 3 heterocycles. The Labute approximate surface area is 184 Å². The first-order chi connectivity index (χ1) is 15.0. The number of hydrogen-bond donors (Lipinski definition) is 2. The lowest BCUT2D eigenvalue weighted by Gasteiger charge is -2.47. The molecule has 2 aliphatic carbocycles. The lowest BCUT2D eigenvalue weighted by molar-refractivity contribution is -0.153. The molecule has 2 amide bonds. The van der Waals surface area contributed by atoms with Crippen molar-refractivity contribution in [1.29, 1.82) is 0 Å². The molecular formula is C23H37FN4O3. The van der Waals surface area contributed by atoms with Crippen molar-refractivity contribution in [3.8, 4) is 0 Å². The van der Waals surface area contributed by atoms with Gasteiger partial charge in [-0.15, -0.1) is 0 Å². The maximum absolute atomic E-state index is 14.4. The van der Waals surface area contributed by atoms with Crippen molar-refractivity contribution in [1.82, 2.24) is 20.4 Å². The Morgan fingerprint density at radius 3 is 2.87 bits per heavy atom. The van der Waals surface area contributed by atoms with E-state index in [0.717, 1.165) is 51.7 Å². The average molecular weight is 437 g/mol. The lowest BCUT2D eigenvalue weighted by Crippen LogP contribution is -2.62. The second-order valence-electron chi connectivity index (χ2n) is 10.5. The number of hydrogen-bond acceptors (Lipinski definition) is 5. The minimum Gasteiger partial charge on any atom is -0.369 e. The highest BCUT2D eigenvalue weighted by molar-refractivity contribution is 5.82. The Morgan fingerprint density at radius 2 is 2.03 bits per heavy atom. The van der Waals surface area contributed by atoms with E-state index in [0.29, 0.717) is 31.4 Å².